The van der Waals surface area contributed by atoms with Crippen molar-refractivity contribution < 1.29 is 14.0 Å². The Morgan fingerprint density at radius 3 is 2.40 bits per heavy atom. The lowest BCUT2D eigenvalue weighted by Gasteiger charge is -2.23. The summed E-state index contributed by atoms with van der Waals surface area (Å²) in [4.78, 5) is 23.9. The molecule has 0 aliphatic heterocycles. The molecule has 1 aromatic carbocycles. The Morgan fingerprint density at radius 2 is 1.85 bits per heavy atom. The van der Waals surface area contributed by atoms with Gasteiger partial charge in [0.25, 0.3) is 5.91 Å². The van der Waals surface area contributed by atoms with Crippen molar-refractivity contribution in [2.75, 3.05) is 0 Å². The van der Waals surface area contributed by atoms with Crippen LogP contribution in [0.1, 0.15) is 43.6 Å². The standard InChI is InChI=1S/C15H21FN2O2/c1-9-6-7-11(16)8-12(9)14(20)17-10(2)13(19)18-15(3,4)5/h6-8,10H,1-5H3,(H,17,20)(H,18,19). The van der Waals surface area contributed by atoms with Gasteiger partial charge < -0.3 is 10.6 Å². The molecule has 2 amide bonds. The molecule has 0 spiro atoms. The number of hydrogen-bond acceptors (Lipinski definition) is 2. The van der Waals surface area contributed by atoms with Crippen molar-refractivity contribution in [3.63, 3.8) is 0 Å². The Kier molecular flexibility index (Phi) is 4.87. The second-order valence-electron chi connectivity index (χ2n) is 5.89. The summed E-state index contributed by atoms with van der Waals surface area (Å²) < 4.78 is 13.2. The van der Waals surface area contributed by atoms with Crippen LogP contribution in [0, 0.1) is 12.7 Å². The molecule has 1 aromatic rings. The maximum Gasteiger partial charge on any atom is 0.252 e. The second kappa shape index (κ2) is 6.03. The van der Waals surface area contributed by atoms with Crippen LogP contribution in [0.2, 0.25) is 0 Å². The van der Waals surface area contributed by atoms with Crippen molar-refractivity contribution in [3.05, 3.63) is 35.1 Å². The fraction of sp³-hybridized carbons (Fsp3) is 0.467. The first-order chi connectivity index (χ1) is 9.10. The lowest BCUT2D eigenvalue weighted by Crippen LogP contribution is -2.50. The molecule has 0 fully saturated rings. The number of hydrogen-bond donors (Lipinski definition) is 2. The van der Waals surface area contributed by atoms with Gasteiger partial charge in [0.2, 0.25) is 5.91 Å². The smallest absolute Gasteiger partial charge is 0.252 e. The number of rotatable bonds is 3. The molecule has 0 radical (unpaired) electrons. The molecular formula is C15H21FN2O2. The zero-order valence-electron chi connectivity index (χ0n) is 12.5. The van der Waals surface area contributed by atoms with Crippen LogP contribution in [0.4, 0.5) is 4.39 Å². The van der Waals surface area contributed by atoms with Gasteiger partial charge in [0.15, 0.2) is 0 Å². The highest BCUT2D eigenvalue weighted by Crippen LogP contribution is 2.10. The second-order valence-corrected chi connectivity index (χ2v) is 5.89. The predicted octanol–water partition coefficient (Wildman–Crippen LogP) is 2.17. The van der Waals surface area contributed by atoms with Crippen molar-refractivity contribution in [3.8, 4) is 0 Å². The SMILES string of the molecule is Cc1ccc(F)cc1C(=O)NC(C)C(=O)NC(C)(C)C. The van der Waals surface area contributed by atoms with E-state index in [2.05, 4.69) is 10.6 Å². The minimum absolute atomic E-state index is 0.236. The summed E-state index contributed by atoms with van der Waals surface area (Å²) in [6, 6.07) is 3.30. The Bertz CT molecular complexity index is 521. The number of carbonyl (C=O) groups excluding carboxylic acids is 2. The summed E-state index contributed by atoms with van der Waals surface area (Å²) in [6.07, 6.45) is 0. The molecule has 0 heterocycles. The van der Waals surface area contributed by atoms with Crippen LogP contribution >= 0.6 is 0 Å². The van der Waals surface area contributed by atoms with E-state index in [9.17, 15) is 14.0 Å². The molecule has 1 rings (SSSR count). The van der Waals surface area contributed by atoms with Crippen LogP contribution in [-0.4, -0.2) is 23.4 Å². The van der Waals surface area contributed by atoms with Gasteiger partial charge in [0, 0.05) is 11.1 Å². The topological polar surface area (TPSA) is 58.2 Å². The maximum absolute atomic E-state index is 13.2. The lowest BCUT2D eigenvalue weighted by molar-refractivity contribution is -0.124. The number of amides is 2. The number of aryl methyl sites for hydroxylation is 1. The van der Waals surface area contributed by atoms with Gasteiger partial charge in [-0.2, -0.15) is 0 Å². The average Bonchev–Trinajstić information content (AvgIpc) is 2.29. The van der Waals surface area contributed by atoms with E-state index in [4.69, 9.17) is 0 Å². The summed E-state index contributed by atoms with van der Waals surface area (Å²) in [5.74, 6) is -1.22. The van der Waals surface area contributed by atoms with Crippen molar-refractivity contribution in [2.24, 2.45) is 0 Å². The summed E-state index contributed by atoms with van der Waals surface area (Å²) in [7, 11) is 0. The molecule has 0 aromatic heterocycles. The lowest BCUT2D eigenvalue weighted by atomic mass is 10.1. The van der Waals surface area contributed by atoms with Crippen molar-refractivity contribution >= 4 is 11.8 Å². The van der Waals surface area contributed by atoms with Gasteiger partial charge in [-0.05, 0) is 52.3 Å². The van der Waals surface area contributed by atoms with Crippen LogP contribution in [-0.2, 0) is 4.79 Å². The number of carbonyl (C=O) groups is 2. The van der Waals surface area contributed by atoms with E-state index in [1.54, 1.807) is 13.8 Å². The molecule has 4 nitrogen and oxygen atoms in total. The van der Waals surface area contributed by atoms with Crippen LogP contribution in [0.3, 0.4) is 0 Å². The van der Waals surface area contributed by atoms with E-state index < -0.39 is 17.8 Å². The molecule has 0 saturated heterocycles. The van der Waals surface area contributed by atoms with E-state index in [1.165, 1.54) is 18.2 Å². The van der Waals surface area contributed by atoms with Crippen molar-refractivity contribution in [1.29, 1.82) is 0 Å². The first-order valence-electron chi connectivity index (χ1n) is 6.49. The fourth-order valence-electron chi connectivity index (χ4n) is 1.66. The molecular weight excluding hydrogens is 259 g/mol. The average molecular weight is 280 g/mol. The Morgan fingerprint density at radius 1 is 1.25 bits per heavy atom. The molecule has 0 bridgehead atoms. The summed E-state index contributed by atoms with van der Waals surface area (Å²) in [5, 5.41) is 5.34. The van der Waals surface area contributed by atoms with Gasteiger partial charge in [0.05, 0.1) is 0 Å². The predicted molar refractivity (Wildman–Crippen MR) is 76.0 cm³/mol. The van der Waals surface area contributed by atoms with Gasteiger partial charge in [-0.25, -0.2) is 4.39 Å². The Labute approximate surface area is 118 Å². The van der Waals surface area contributed by atoms with Gasteiger partial charge in [-0.15, -0.1) is 0 Å². The molecule has 20 heavy (non-hydrogen) atoms. The minimum Gasteiger partial charge on any atom is -0.350 e. The van der Waals surface area contributed by atoms with Crippen LogP contribution in [0.15, 0.2) is 18.2 Å². The molecule has 1 atom stereocenters. The molecule has 0 aliphatic carbocycles. The zero-order chi connectivity index (χ0) is 15.5. The highest BCUT2D eigenvalue weighted by molar-refractivity contribution is 5.98. The van der Waals surface area contributed by atoms with Gasteiger partial charge in [-0.3, -0.25) is 9.59 Å². The number of benzene rings is 1. The monoisotopic (exact) mass is 280 g/mol. The summed E-state index contributed by atoms with van der Waals surface area (Å²) >= 11 is 0. The quantitative estimate of drug-likeness (QED) is 0.891. The maximum atomic E-state index is 13.2. The fourth-order valence-corrected chi connectivity index (χ4v) is 1.66. The Balaban J connectivity index is 2.75. The van der Waals surface area contributed by atoms with E-state index in [0.717, 1.165) is 0 Å². The molecule has 2 N–H and O–H groups in total. The van der Waals surface area contributed by atoms with Crippen LogP contribution < -0.4 is 10.6 Å². The van der Waals surface area contributed by atoms with Crippen LogP contribution in [0.5, 0.6) is 0 Å². The highest BCUT2D eigenvalue weighted by atomic mass is 19.1. The molecule has 5 heteroatoms. The molecule has 110 valence electrons. The largest absolute Gasteiger partial charge is 0.350 e. The molecule has 0 saturated carbocycles. The third-order valence-corrected chi connectivity index (χ3v) is 2.68. The first-order valence-corrected chi connectivity index (χ1v) is 6.49. The summed E-state index contributed by atoms with van der Waals surface area (Å²) in [5.41, 5.74) is 0.526. The van der Waals surface area contributed by atoms with Crippen molar-refractivity contribution in [1.82, 2.24) is 10.6 Å². The normalized spacial score (nSPS) is 12.7. The first kappa shape index (κ1) is 16.1. The van der Waals surface area contributed by atoms with E-state index in [-0.39, 0.29) is 17.0 Å². The van der Waals surface area contributed by atoms with E-state index >= 15 is 0 Å². The molecule has 0 aliphatic rings. The highest BCUT2D eigenvalue weighted by Gasteiger charge is 2.21. The minimum atomic E-state index is -0.690. The van der Waals surface area contributed by atoms with Crippen LogP contribution in [0.25, 0.3) is 0 Å². The number of nitrogens with one attached hydrogen (secondary N) is 2. The molecule has 1 unspecified atom stereocenters. The zero-order valence-corrected chi connectivity index (χ0v) is 12.5. The van der Waals surface area contributed by atoms with E-state index in [0.29, 0.717) is 5.56 Å². The summed E-state index contributed by atoms with van der Waals surface area (Å²) in [6.45, 7) is 8.88. The third-order valence-electron chi connectivity index (χ3n) is 2.68. The van der Waals surface area contributed by atoms with Gasteiger partial charge in [-0.1, -0.05) is 6.07 Å². The number of halogens is 1. The van der Waals surface area contributed by atoms with Crippen molar-refractivity contribution in [2.45, 2.75) is 46.2 Å². The third kappa shape index (κ3) is 4.64. The van der Waals surface area contributed by atoms with Gasteiger partial charge >= 0.3 is 0 Å². The van der Waals surface area contributed by atoms with Gasteiger partial charge in [0.1, 0.15) is 11.9 Å². The van der Waals surface area contributed by atoms with E-state index in [1.807, 2.05) is 20.8 Å². The Hall–Kier alpha value is -1.91.